The van der Waals surface area contributed by atoms with E-state index < -0.39 is 10.8 Å². The van der Waals surface area contributed by atoms with E-state index in [4.69, 9.17) is 0 Å². The lowest BCUT2D eigenvalue weighted by Crippen LogP contribution is -2.31. The summed E-state index contributed by atoms with van der Waals surface area (Å²) in [5, 5.41) is 6.81. The van der Waals surface area contributed by atoms with Crippen LogP contribution in [0.2, 0.25) is 0 Å². The van der Waals surface area contributed by atoms with Gasteiger partial charge in [0.2, 0.25) is 5.91 Å². The number of nitrogens with one attached hydrogen (secondary N) is 2. The molecule has 17 heavy (non-hydrogen) atoms. The van der Waals surface area contributed by atoms with Crippen molar-refractivity contribution in [3.63, 3.8) is 0 Å². The van der Waals surface area contributed by atoms with Gasteiger partial charge in [-0.2, -0.15) is 0 Å². The van der Waals surface area contributed by atoms with Gasteiger partial charge in [0.25, 0.3) is 0 Å². The molecule has 1 saturated heterocycles. The number of piperidine rings is 1. The fraction of sp³-hybridized carbons (Fsp3) is 0.909. The Hall–Kier alpha value is -0.0700. The third-order valence-electron chi connectivity index (χ3n) is 2.67. The Morgan fingerprint density at radius 3 is 2.82 bits per heavy atom. The zero-order valence-electron chi connectivity index (χ0n) is 10.4. The minimum absolute atomic E-state index is 0.107. The number of hydrogen-bond acceptors (Lipinski definition) is 4. The Morgan fingerprint density at radius 1 is 1.47 bits per heavy atom. The standard InChI is InChI=1S/C11H22N2O2S2/c1-17(15)8-2-5-13-11(14)9-16-10-3-6-12-7-4-10/h10,12H,2-9H2,1H3,(H,13,14). The van der Waals surface area contributed by atoms with Crippen molar-refractivity contribution in [2.24, 2.45) is 0 Å². The van der Waals surface area contributed by atoms with Crippen molar-refractivity contribution in [1.82, 2.24) is 10.6 Å². The normalized spacial score (nSPS) is 18.9. The predicted molar refractivity (Wildman–Crippen MR) is 74.9 cm³/mol. The highest BCUT2D eigenvalue weighted by Crippen LogP contribution is 2.19. The molecule has 1 heterocycles. The molecule has 0 aromatic carbocycles. The van der Waals surface area contributed by atoms with Gasteiger partial charge in [-0.3, -0.25) is 9.00 Å². The summed E-state index contributed by atoms with van der Waals surface area (Å²) >= 11 is 1.76. The average Bonchev–Trinajstić information content (AvgIpc) is 2.33. The molecule has 0 aromatic rings. The molecule has 2 N–H and O–H groups in total. The van der Waals surface area contributed by atoms with Gasteiger partial charge in [0.15, 0.2) is 0 Å². The van der Waals surface area contributed by atoms with Gasteiger partial charge in [-0.25, -0.2) is 0 Å². The minimum atomic E-state index is -0.751. The van der Waals surface area contributed by atoms with E-state index in [1.807, 2.05) is 0 Å². The van der Waals surface area contributed by atoms with E-state index >= 15 is 0 Å². The molecule has 0 radical (unpaired) electrons. The summed E-state index contributed by atoms with van der Waals surface area (Å²) < 4.78 is 10.8. The highest BCUT2D eigenvalue weighted by molar-refractivity contribution is 8.00. The highest BCUT2D eigenvalue weighted by Gasteiger charge is 2.14. The summed E-state index contributed by atoms with van der Waals surface area (Å²) in [7, 11) is -0.751. The molecule has 1 rings (SSSR count). The zero-order valence-corrected chi connectivity index (χ0v) is 12.0. The lowest BCUT2D eigenvalue weighted by Gasteiger charge is -2.21. The molecule has 1 aliphatic rings. The number of amides is 1. The molecule has 0 spiro atoms. The fourth-order valence-corrected chi connectivity index (χ4v) is 3.32. The van der Waals surface area contributed by atoms with Crippen LogP contribution in [0.1, 0.15) is 19.3 Å². The Kier molecular flexibility index (Phi) is 7.88. The highest BCUT2D eigenvalue weighted by atomic mass is 32.2. The Bertz CT molecular complexity index is 256. The third-order valence-corrected chi connectivity index (χ3v) is 4.90. The van der Waals surface area contributed by atoms with Gasteiger partial charge in [0.1, 0.15) is 0 Å². The summed E-state index contributed by atoms with van der Waals surface area (Å²) in [4.78, 5) is 11.5. The van der Waals surface area contributed by atoms with Gasteiger partial charge in [-0.15, -0.1) is 11.8 Å². The van der Waals surface area contributed by atoms with Crippen LogP contribution in [-0.2, 0) is 15.6 Å². The first kappa shape index (κ1) is 15.0. The van der Waals surface area contributed by atoms with Gasteiger partial charge in [0.05, 0.1) is 5.75 Å². The van der Waals surface area contributed by atoms with E-state index in [9.17, 15) is 9.00 Å². The predicted octanol–water partition coefficient (Wildman–Crippen LogP) is 0.356. The monoisotopic (exact) mass is 278 g/mol. The average molecular weight is 278 g/mol. The first-order valence-electron chi connectivity index (χ1n) is 6.07. The Labute approximate surface area is 110 Å². The second-order valence-corrected chi connectivity index (χ2v) is 7.08. The molecule has 100 valence electrons. The zero-order chi connectivity index (χ0) is 12.5. The molecule has 1 atom stereocenters. The lowest BCUT2D eigenvalue weighted by molar-refractivity contribution is -0.118. The molecule has 1 amide bonds. The lowest BCUT2D eigenvalue weighted by atomic mass is 10.2. The van der Waals surface area contributed by atoms with Crippen molar-refractivity contribution in [2.45, 2.75) is 24.5 Å². The van der Waals surface area contributed by atoms with Crippen LogP contribution in [0.15, 0.2) is 0 Å². The molecule has 1 aliphatic heterocycles. The van der Waals surface area contributed by atoms with Gasteiger partial charge in [0, 0.05) is 34.6 Å². The number of carbonyl (C=O) groups excluding carboxylic acids is 1. The number of carbonyl (C=O) groups is 1. The van der Waals surface area contributed by atoms with Gasteiger partial charge >= 0.3 is 0 Å². The van der Waals surface area contributed by atoms with Crippen LogP contribution in [0.25, 0.3) is 0 Å². The second-order valence-electron chi connectivity index (χ2n) is 4.24. The smallest absolute Gasteiger partial charge is 0.230 e. The van der Waals surface area contributed by atoms with E-state index in [-0.39, 0.29) is 5.91 Å². The number of hydrogen-bond donors (Lipinski definition) is 2. The maximum Gasteiger partial charge on any atom is 0.230 e. The molecule has 0 aromatic heterocycles. The minimum Gasteiger partial charge on any atom is -0.355 e. The van der Waals surface area contributed by atoms with Crippen molar-refractivity contribution >= 4 is 28.5 Å². The fourth-order valence-electron chi connectivity index (χ4n) is 1.71. The largest absolute Gasteiger partial charge is 0.355 e. The van der Waals surface area contributed by atoms with E-state index in [1.54, 1.807) is 18.0 Å². The quantitative estimate of drug-likeness (QED) is 0.660. The molecule has 0 saturated carbocycles. The van der Waals surface area contributed by atoms with Crippen LogP contribution in [0.3, 0.4) is 0 Å². The number of thioether (sulfide) groups is 1. The van der Waals surface area contributed by atoms with Gasteiger partial charge < -0.3 is 10.6 Å². The second kappa shape index (κ2) is 8.94. The van der Waals surface area contributed by atoms with Gasteiger partial charge in [-0.1, -0.05) is 0 Å². The van der Waals surface area contributed by atoms with Crippen molar-refractivity contribution in [2.75, 3.05) is 37.4 Å². The van der Waals surface area contributed by atoms with E-state index in [0.717, 1.165) is 32.4 Å². The molecule has 6 heteroatoms. The summed E-state index contributed by atoms with van der Waals surface area (Å²) in [5.74, 6) is 1.33. The summed E-state index contributed by atoms with van der Waals surface area (Å²) in [5.41, 5.74) is 0. The van der Waals surface area contributed by atoms with Crippen LogP contribution in [0.5, 0.6) is 0 Å². The van der Waals surface area contributed by atoms with Gasteiger partial charge in [-0.05, 0) is 32.4 Å². The van der Waals surface area contributed by atoms with E-state index in [1.165, 1.54) is 0 Å². The molecular weight excluding hydrogens is 256 g/mol. The van der Waals surface area contributed by atoms with Crippen LogP contribution >= 0.6 is 11.8 Å². The van der Waals surface area contributed by atoms with Crippen molar-refractivity contribution < 1.29 is 9.00 Å². The summed E-state index contributed by atoms with van der Waals surface area (Å²) in [6.07, 6.45) is 4.81. The Balaban J connectivity index is 1.98. The molecule has 0 aliphatic carbocycles. The van der Waals surface area contributed by atoms with Crippen molar-refractivity contribution in [3.8, 4) is 0 Å². The molecule has 1 fully saturated rings. The molecular formula is C11H22N2O2S2. The topological polar surface area (TPSA) is 58.2 Å². The van der Waals surface area contributed by atoms with Crippen molar-refractivity contribution in [1.29, 1.82) is 0 Å². The van der Waals surface area contributed by atoms with Crippen molar-refractivity contribution in [3.05, 3.63) is 0 Å². The first-order chi connectivity index (χ1) is 8.18. The SMILES string of the molecule is CS(=O)CCCNC(=O)CSC1CCNCC1. The third kappa shape index (κ3) is 7.78. The van der Waals surface area contributed by atoms with E-state index in [0.29, 0.717) is 23.3 Å². The molecule has 1 unspecified atom stereocenters. The maximum atomic E-state index is 11.5. The Morgan fingerprint density at radius 2 is 2.18 bits per heavy atom. The van der Waals surface area contributed by atoms with Crippen LogP contribution in [-0.4, -0.2) is 52.8 Å². The maximum absolute atomic E-state index is 11.5. The summed E-state index contributed by atoms with van der Waals surface area (Å²) in [6, 6.07) is 0. The number of rotatable bonds is 7. The molecule has 4 nitrogen and oxygen atoms in total. The first-order valence-corrected chi connectivity index (χ1v) is 8.85. The van der Waals surface area contributed by atoms with Crippen LogP contribution < -0.4 is 10.6 Å². The summed E-state index contributed by atoms with van der Waals surface area (Å²) in [6.45, 7) is 2.79. The molecule has 0 bridgehead atoms. The van der Waals surface area contributed by atoms with E-state index in [2.05, 4.69) is 10.6 Å². The van der Waals surface area contributed by atoms with Crippen LogP contribution in [0, 0.1) is 0 Å². The van der Waals surface area contributed by atoms with Crippen LogP contribution in [0.4, 0.5) is 0 Å².